The molecule has 0 atom stereocenters. The zero-order valence-electron chi connectivity index (χ0n) is 9.59. The largest absolute Gasteiger partial charge is 0.381 e. The van der Waals surface area contributed by atoms with Crippen molar-refractivity contribution in [2.24, 2.45) is 0 Å². The van der Waals surface area contributed by atoms with Gasteiger partial charge in [-0.25, -0.2) is 4.98 Å². The van der Waals surface area contributed by atoms with Crippen molar-refractivity contribution in [3.05, 3.63) is 27.9 Å². The highest BCUT2D eigenvalue weighted by Crippen LogP contribution is 2.30. The van der Waals surface area contributed by atoms with Crippen molar-refractivity contribution in [3.8, 4) is 0 Å². The van der Waals surface area contributed by atoms with Crippen LogP contribution in [0.3, 0.4) is 0 Å². The summed E-state index contributed by atoms with van der Waals surface area (Å²) in [6, 6.07) is 3.26. The normalized spacial score (nSPS) is 17.0. The number of nitrogens with zero attached hydrogens (tertiary/aromatic N) is 2. The van der Waals surface area contributed by atoms with E-state index in [1.807, 2.05) is 0 Å². The van der Waals surface area contributed by atoms with Crippen LogP contribution in [0.4, 0.5) is 5.69 Å². The van der Waals surface area contributed by atoms with Crippen molar-refractivity contribution in [1.82, 2.24) is 4.98 Å². The van der Waals surface area contributed by atoms with E-state index in [4.69, 9.17) is 4.74 Å². The number of ether oxygens (including phenoxy) is 1. The minimum absolute atomic E-state index is 0.0846. The first-order valence-corrected chi connectivity index (χ1v) is 6.41. The van der Waals surface area contributed by atoms with Gasteiger partial charge in [-0.2, -0.15) is 0 Å². The van der Waals surface area contributed by atoms with Crippen LogP contribution in [-0.2, 0) is 4.74 Å². The van der Waals surface area contributed by atoms with Gasteiger partial charge >= 0.3 is 0 Å². The van der Waals surface area contributed by atoms with Gasteiger partial charge in [-0.3, -0.25) is 10.1 Å². The van der Waals surface area contributed by atoms with E-state index in [-0.39, 0.29) is 5.69 Å². The van der Waals surface area contributed by atoms with Crippen LogP contribution in [0.25, 0.3) is 0 Å². The van der Waals surface area contributed by atoms with Crippen LogP contribution in [0.1, 0.15) is 18.5 Å². The Morgan fingerprint density at radius 3 is 2.76 bits per heavy atom. The molecule has 0 unspecified atom stereocenters. The van der Waals surface area contributed by atoms with Gasteiger partial charge in [0.25, 0.3) is 5.69 Å². The van der Waals surface area contributed by atoms with E-state index in [0.717, 1.165) is 31.1 Å². The van der Waals surface area contributed by atoms with E-state index in [2.05, 4.69) is 4.98 Å². The first-order chi connectivity index (χ1) is 8.16. The zero-order chi connectivity index (χ0) is 12.3. The molecule has 1 aliphatic rings. The second-order valence-corrected chi connectivity index (χ2v) is 5.26. The highest BCUT2D eigenvalue weighted by Gasteiger charge is 2.17. The highest BCUT2D eigenvalue weighted by atomic mass is 32.2. The third-order valence-corrected chi connectivity index (χ3v) is 3.96. The van der Waals surface area contributed by atoms with Crippen LogP contribution < -0.4 is 0 Å². The van der Waals surface area contributed by atoms with E-state index in [0.29, 0.717) is 10.9 Å². The van der Waals surface area contributed by atoms with Gasteiger partial charge in [-0.1, -0.05) is 0 Å². The minimum Gasteiger partial charge on any atom is -0.381 e. The van der Waals surface area contributed by atoms with Gasteiger partial charge in [-0.15, -0.1) is 11.8 Å². The van der Waals surface area contributed by atoms with Crippen molar-refractivity contribution in [1.29, 1.82) is 0 Å². The van der Waals surface area contributed by atoms with Gasteiger partial charge in [0.15, 0.2) is 0 Å². The summed E-state index contributed by atoms with van der Waals surface area (Å²) in [5.41, 5.74) is 0.563. The third kappa shape index (κ3) is 3.17. The lowest BCUT2D eigenvalue weighted by Crippen LogP contribution is -2.17. The average Bonchev–Trinajstić information content (AvgIpc) is 2.30. The molecule has 0 aliphatic carbocycles. The maximum atomic E-state index is 10.7. The van der Waals surface area contributed by atoms with Crippen molar-refractivity contribution < 1.29 is 9.66 Å². The summed E-state index contributed by atoms with van der Waals surface area (Å²) in [5, 5.41) is 12.0. The number of thioether (sulfide) groups is 1. The van der Waals surface area contributed by atoms with Gasteiger partial charge in [0, 0.05) is 24.5 Å². The molecule has 0 radical (unpaired) electrons. The number of hydrogen-bond acceptors (Lipinski definition) is 5. The fourth-order valence-electron chi connectivity index (χ4n) is 1.75. The smallest absolute Gasteiger partial charge is 0.290 e. The molecule has 5 nitrogen and oxygen atoms in total. The Bertz CT molecular complexity index is 419. The standard InChI is InChI=1S/C11H14N2O3S/c1-8-10(13(14)15)2-3-11(12-8)17-9-4-6-16-7-5-9/h2-3,9H,4-7H2,1H3. The highest BCUT2D eigenvalue weighted by molar-refractivity contribution is 7.99. The molecule has 0 amide bonds. The lowest BCUT2D eigenvalue weighted by molar-refractivity contribution is -0.385. The Morgan fingerprint density at radius 2 is 2.18 bits per heavy atom. The number of rotatable bonds is 3. The Kier molecular flexibility index (Phi) is 3.96. The molecule has 0 spiro atoms. The number of pyridine rings is 1. The van der Waals surface area contributed by atoms with E-state index in [1.165, 1.54) is 6.07 Å². The van der Waals surface area contributed by atoms with Crippen LogP contribution in [0, 0.1) is 17.0 Å². The molecule has 0 aromatic carbocycles. The van der Waals surface area contributed by atoms with Crippen LogP contribution in [0.2, 0.25) is 0 Å². The first-order valence-electron chi connectivity index (χ1n) is 5.53. The number of aromatic nitrogens is 1. The molecule has 0 bridgehead atoms. The molecule has 6 heteroatoms. The summed E-state index contributed by atoms with van der Waals surface area (Å²) in [4.78, 5) is 14.5. The van der Waals surface area contributed by atoms with Crippen LogP contribution in [0.15, 0.2) is 17.2 Å². The van der Waals surface area contributed by atoms with Crippen LogP contribution >= 0.6 is 11.8 Å². The zero-order valence-corrected chi connectivity index (χ0v) is 10.4. The molecule has 92 valence electrons. The Hall–Kier alpha value is -1.14. The molecule has 2 heterocycles. The summed E-state index contributed by atoms with van der Waals surface area (Å²) in [7, 11) is 0. The van der Waals surface area contributed by atoms with Crippen molar-refractivity contribution in [2.75, 3.05) is 13.2 Å². The topological polar surface area (TPSA) is 65.3 Å². The molecule has 17 heavy (non-hydrogen) atoms. The molecular weight excluding hydrogens is 240 g/mol. The van der Waals surface area contributed by atoms with Crippen LogP contribution in [0.5, 0.6) is 0 Å². The van der Waals surface area contributed by atoms with Crippen molar-refractivity contribution >= 4 is 17.4 Å². The molecular formula is C11H14N2O3S. The van der Waals surface area contributed by atoms with Crippen molar-refractivity contribution in [2.45, 2.75) is 30.0 Å². The van der Waals surface area contributed by atoms with Gasteiger partial charge in [0.2, 0.25) is 0 Å². The summed E-state index contributed by atoms with van der Waals surface area (Å²) in [6.45, 7) is 3.26. The Morgan fingerprint density at radius 1 is 1.47 bits per heavy atom. The van der Waals surface area contributed by atoms with Gasteiger partial charge in [0.1, 0.15) is 5.69 Å². The first kappa shape index (κ1) is 12.3. The van der Waals surface area contributed by atoms with Gasteiger partial charge in [-0.05, 0) is 25.8 Å². The predicted molar refractivity (Wildman–Crippen MR) is 65.3 cm³/mol. The molecule has 1 fully saturated rings. The second kappa shape index (κ2) is 5.46. The maximum absolute atomic E-state index is 10.7. The maximum Gasteiger partial charge on any atom is 0.290 e. The molecule has 1 saturated heterocycles. The second-order valence-electron chi connectivity index (χ2n) is 3.94. The number of hydrogen-bond donors (Lipinski definition) is 0. The quantitative estimate of drug-likeness (QED) is 0.612. The Labute approximate surface area is 104 Å². The molecule has 0 saturated carbocycles. The minimum atomic E-state index is -0.398. The fraction of sp³-hybridized carbons (Fsp3) is 0.545. The molecule has 1 aromatic heterocycles. The number of nitro groups is 1. The van der Waals surface area contributed by atoms with Crippen LogP contribution in [-0.4, -0.2) is 28.4 Å². The molecule has 1 aromatic rings. The third-order valence-electron chi connectivity index (χ3n) is 2.68. The lowest BCUT2D eigenvalue weighted by atomic mass is 10.2. The summed E-state index contributed by atoms with van der Waals surface area (Å²) < 4.78 is 5.29. The fourth-order valence-corrected chi connectivity index (χ4v) is 2.86. The van der Waals surface area contributed by atoms with Gasteiger partial charge in [0.05, 0.1) is 9.95 Å². The van der Waals surface area contributed by atoms with Gasteiger partial charge < -0.3 is 4.74 Å². The predicted octanol–water partition coefficient (Wildman–Crippen LogP) is 2.57. The van der Waals surface area contributed by atoms with E-state index in [9.17, 15) is 10.1 Å². The molecule has 0 N–H and O–H groups in total. The summed E-state index contributed by atoms with van der Waals surface area (Å²) >= 11 is 1.69. The lowest BCUT2D eigenvalue weighted by Gasteiger charge is -2.20. The average molecular weight is 254 g/mol. The SMILES string of the molecule is Cc1nc(SC2CCOCC2)ccc1[N+](=O)[O-]. The van der Waals surface area contributed by atoms with Crippen molar-refractivity contribution in [3.63, 3.8) is 0 Å². The number of aryl methyl sites for hydroxylation is 1. The Balaban J connectivity index is 2.06. The molecule has 1 aliphatic heterocycles. The van der Waals surface area contributed by atoms with E-state index >= 15 is 0 Å². The summed E-state index contributed by atoms with van der Waals surface area (Å²) in [5.74, 6) is 0. The monoisotopic (exact) mass is 254 g/mol. The molecule has 2 rings (SSSR count). The van der Waals surface area contributed by atoms with E-state index in [1.54, 1.807) is 24.8 Å². The van der Waals surface area contributed by atoms with E-state index < -0.39 is 4.92 Å². The summed E-state index contributed by atoms with van der Waals surface area (Å²) in [6.07, 6.45) is 2.03.